The lowest BCUT2D eigenvalue weighted by molar-refractivity contribution is -0.136. The van der Waals surface area contributed by atoms with E-state index in [1.807, 2.05) is 0 Å². The van der Waals surface area contributed by atoms with Crippen LogP contribution in [0, 0.1) is 5.82 Å². The van der Waals surface area contributed by atoms with Crippen molar-refractivity contribution < 1.29 is 19.0 Å². The van der Waals surface area contributed by atoms with Crippen molar-refractivity contribution in [3.05, 3.63) is 63.9 Å². The third-order valence-electron chi connectivity index (χ3n) is 4.33. The largest absolute Gasteiger partial charge is 0.488 e. The normalized spacial score (nSPS) is 20.1. The van der Waals surface area contributed by atoms with Crippen molar-refractivity contribution in [1.82, 2.24) is 4.90 Å². The van der Waals surface area contributed by atoms with Gasteiger partial charge in [0, 0.05) is 23.0 Å². The van der Waals surface area contributed by atoms with E-state index in [-0.39, 0.29) is 23.9 Å². The van der Waals surface area contributed by atoms with Gasteiger partial charge in [-0.05, 0) is 42.0 Å². The third kappa shape index (κ3) is 4.67. The van der Waals surface area contributed by atoms with Gasteiger partial charge in [0.05, 0.1) is 13.0 Å². The standard InChI is InChI=1S/C19H18Cl2FNO3/c20-13-2-5-15(6-3-13)26-18-7-8-23(11-17(18)24)19(25)9-12-1-4-14(22)10-16(12)21/h1-6,10,17-18,24H,7-9,11H2/t17-,18-/m1/s1. The van der Waals surface area contributed by atoms with E-state index in [9.17, 15) is 14.3 Å². The summed E-state index contributed by atoms with van der Waals surface area (Å²) in [6, 6.07) is 10.9. The summed E-state index contributed by atoms with van der Waals surface area (Å²) in [6.45, 7) is 0.642. The number of carbonyl (C=O) groups is 1. The zero-order valence-electron chi connectivity index (χ0n) is 13.9. The van der Waals surface area contributed by atoms with Gasteiger partial charge in [0.15, 0.2) is 0 Å². The molecule has 0 radical (unpaired) electrons. The minimum Gasteiger partial charge on any atom is -0.488 e. The minimum atomic E-state index is -0.799. The first-order valence-electron chi connectivity index (χ1n) is 8.24. The van der Waals surface area contributed by atoms with Crippen molar-refractivity contribution in [3.8, 4) is 5.75 Å². The molecule has 0 spiro atoms. The Morgan fingerprint density at radius 3 is 2.62 bits per heavy atom. The van der Waals surface area contributed by atoms with Crippen LogP contribution in [0.1, 0.15) is 12.0 Å². The molecule has 1 saturated heterocycles. The highest BCUT2D eigenvalue weighted by Crippen LogP contribution is 2.23. The Balaban J connectivity index is 1.57. The molecule has 2 atom stereocenters. The van der Waals surface area contributed by atoms with Gasteiger partial charge in [-0.15, -0.1) is 0 Å². The van der Waals surface area contributed by atoms with E-state index in [0.717, 1.165) is 0 Å². The number of β-amino-alcohol motifs (C(OH)–C–C–N with tert-alkyl or cyclic N) is 1. The van der Waals surface area contributed by atoms with Crippen molar-refractivity contribution in [2.45, 2.75) is 25.0 Å². The number of carbonyl (C=O) groups excluding carboxylic acids is 1. The van der Waals surface area contributed by atoms with Crippen LogP contribution in [0.4, 0.5) is 4.39 Å². The zero-order valence-corrected chi connectivity index (χ0v) is 15.4. The highest BCUT2D eigenvalue weighted by molar-refractivity contribution is 6.31. The second kappa shape index (κ2) is 8.25. The molecule has 1 N–H and O–H groups in total. The molecule has 0 unspecified atom stereocenters. The number of amides is 1. The summed E-state index contributed by atoms with van der Waals surface area (Å²) in [5.41, 5.74) is 0.562. The number of aliphatic hydroxyl groups excluding tert-OH is 1. The highest BCUT2D eigenvalue weighted by atomic mass is 35.5. The van der Waals surface area contributed by atoms with Crippen molar-refractivity contribution in [3.63, 3.8) is 0 Å². The Morgan fingerprint density at radius 2 is 1.96 bits per heavy atom. The van der Waals surface area contributed by atoms with Crippen molar-refractivity contribution >= 4 is 29.1 Å². The fourth-order valence-corrected chi connectivity index (χ4v) is 3.26. The van der Waals surface area contributed by atoms with Crippen LogP contribution >= 0.6 is 23.2 Å². The van der Waals surface area contributed by atoms with Gasteiger partial charge >= 0.3 is 0 Å². The van der Waals surface area contributed by atoms with E-state index in [2.05, 4.69) is 0 Å². The summed E-state index contributed by atoms with van der Waals surface area (Å²) in [4.78, 5) is 14.0. The van der Waals surface area contributed by atoms with E-state index < -0.39 is 18.0 Å². The maximum atomic E-state index is 13.1. The number of hydrogen-bond acceptors (Lipinski definition) is 3. The number of nitrogens with zero attached hydrogens (tertiary/aromatic N) is 1. The lowest BCUT2D eigenvalue weighted by Crippen LogP contribution is -2.51. The quantitative estimate of drug-likeness (QED) is 0.854. The number of halogens is 3. The van der Waals surface area contributed by atoms with Crippen LogP contribution in [0.2, 0.25) is 10.0 Å². The molecule has 0 aliphatic carbocycles. The fraction of sp³-hybridized carbons (Fsp3) is 0.316. The van der Waals surface area contributed by atoms with Gasteiger partial charge < -0.3 is 14.7 Å². The molecule has 4 nitrogen and oxygen atoms in total. The number of aliphatic hydroxyl groups is 1. The Morgan fingerprint density at radius 1 is 1.23 bits per heavy atom. The Hall–Kier alpha value is -1.82. The monoisotopic (exact) mass is 397 g/mol. The molecule has 26 heavy (non-hydrogen) atoms. The molecular weight excluding hydrogens is 380 g/mol. The van der Waals surface area contributed by atoms with E-state index in [1.165, 1.54) is 18.2 Å². The van der Waals surface area contributed by atoms with Crippen LogP contribution in [0.5, 0.6) is 5.75 Å². The average molecular weight is 398 g/mol. The molecule has 2 aromatic rings. The molecule has 1 fully saturated rings. The Bertz CT molecular complexity index is 785. The fourth-order valence-electron chi connectivity index (χ4n) is 2.90. The predicted molar refractivity (Wildman–Crippen MR) is 98.2 cm³/mol. The third-order valence-corrected chi connectivity index (χ3v) is 4.93. The number of benzene rings is 2. The molecule has 1 heterocycles. The van der Waals surface area contributed by atoms with Crippen LogP contribution in [0.25, 0.3) is 0 Å². The first kappa shape index (κ1) is 19.0. The summed E-state index contributed by atoms with van der Waals surface area (Å²) in [7, 11) is 0. The first-order valence-corrected chi connectivity index (χ1v) is 9.00. The van der Waals surface area contributed by atoms with E-state index in [0.29, 0.717) is 29.3 Å². The summed E-state index contributed by atoms with van der Waals surface area (Å²) in [6.07, 6.45) is -0.622. The van der Waals surface area contributed by atoms with E-state index in [1.54, 1.807) is 29.2 Å². The summed E-state index contributed by atoms with van der Waals surface area (Å²) < 4.78 is 18.9. The molecule has 0 bridgehead atoms. The van der Waals surface area contributed by atoms with Gasteiger partial charge in [0.25, 0.3) is 0 Å². The number of rotatable bonds is 4. The summed E-state index contributed by atoms with van der Waals surface area (Å²) in [5, 5.41) is 11.2. The first-order chi connectivity index (χ1) is 12.4. The second-order valence-corrected chi connectivity index (χ2v) is 7.06. The molecular formula is C19H18Cl2FNO3. The number of ether oxygens (including phenoxy) is 1. The van der Waals surface area contributed by atoms with E-state index >= 15 is 0 Å². The molecule has 3 rings (SSSR count). The molecule has 1 aliphatic heterocycles. The molecule has 2 aromatic carbocycles. The highest BCUT2D eigenvalue weighted by Gasteiger charge is 2.31. The van der Waals surface area contributed by atoms with Gasteiger partial charge in [-0.25, -0.2) is 4.39 Å². The van der Waals surface area contributed by atoms with Crippen LogP contribution < -0.4 is 4.74 Å². The van der Waals surface area contributed by atoms with Crippen molar-refractivity contribution in [1.29, 1.82) is 0 Å². The maximum Gasteiger partial charge on any atom is 0.227 e. The Labute approximate surface area is 161 Å². The summed E-state index contributed by atoms with van der Waals surface area (Å²) in [5.74, 6) is 0.0144. The summed E-state index contributed by atoms with van der Waals surface area (Å²) >= 11 is 11.8. The van der Waals surface area contributed by atoms with Crippen LogP contribution in [-0.4, -0.2) is 41.2 Å². The van der Waals surface area contributed by atoms with Gasteiger partial charge in [0.1, 0.15) is 23.8 Å². The molecule has 1 aliphatic rings. The zero-order chi connectivity index (χ0) is 18.7. The molecule has 0 aromatic heterocycles. The van der Waals surface area contributed by atoms with Gasteiger partial charge in [-0.1, -0.05) is 29.3 Å². The topological polar surface area (TPSA) is 49.8 Å². The van der Waals surface area contributed by atoms with Crippen molar-refractivity contribution in [2.75, 3.05) is 13.1 Å². The van der Waals surface area contributed by atoms with E-state index in [4.69, 9.17) is 27.9 Å². The van der Waals surface area contributed by atoms with Gasteiger partial charge in [0.2, 0.25) is 5.91 Å². The smallest absolute Gasteiger partial charge is 0.227 e. The Kier molecular flexibility index (Phi) is 6.01. The minimum absolute atomic E-state index is 0.0640. The lowest BCUT2D eigenvalue weighted by Gasteiger charge is -2.36. The van der Waals surface area contributed by atoms with Gasteiger partial charge in [-0.3, -0.25) is 4.79 Å². The van der Waals surface area contributed by atoms with Gasteiger partial charge in [-0.2, -0.15) is 0 Å². The number of likely N-dealkylation sites (tertiary alicyclic amines) is 1. The SMILES string of the molecule is O=C(Cc1ccc(F)cc1Cl)N1CC[C@@H](Oc2ccc(Cl)cc2)[C@H](O)C1. The van der Waals surface area contributed by atoms with Crippen LogP contribution in [-0.2, 0) is 11.2 Å². The molecule has 7 heteroatoms. The molecule has 138 valence electrons. The number of piperidine rings is 1. The maximum absolute atomic E-state index is 13.1. The lowest BCUT2D eigenvalue weighted by atomic mass is 10.0. The van der Waals surface area contributed by atoms with Crippen LogP contribution in [0.3, 0.4) is 0 Å². The average Bonchev–Trinajstić information content (AvgIpc) is 2.61. The molecule has 0 saturated carbocycles. The number of hydrogen-bond donors (Lipinski definition) is 1. The predicted octanol–water partition coefficient (Wildman–Crippen LogP) is 3.72. The van der Waals surface area contributed by atoms with Crippen LogP contribution in [0.15, 0.2) is 42.5 Å². The molecule has 1 amide bonds. The van der Waals surface area contributed by atoms with Crippen molar-refractivity contribution in [2.24, 2.45) is 0 Å². The second-order valence-electron chi connectivity index (χ2n) is 6.22.